The lowest BCUT2D eigenvalue weighted by Crippen LogP contribution is -2.14. The van der Waals surface area contributed by atoms with E-state index in [1.807, 2.05) is 0 Å². The second-order valence-corrected chi connectivity index (χ2v) is 5.01. The molecule has 0 aliphatic heterocycles. The van der Waals surface area contributed by atoms with Gasteiger partial charge in [0.1, 0.15) is 5.75 Å². The van der Waals surface area contributed by atoms with E-state index >= 15 is 0 Å². The Labute approximate surface area is 136 Å². The van der Waals surface area contributed by atoms with E-state index in [4.69, 9.17) is 0 Å². The Morgan fingerprint density at radius 2 is 1.92 bits per heavy atom. The third-order valence-electron chi connectivity index (χ3n) is 3.20. The molecule has 0 saturated heterocycles. The summed E-state index contributed by atoms with van der Waals surface area (Å²) in [5, 5.41) is 13.5. The fourth-order valence-electron chi connectivity index (χ4n) is 2.06. The van der Waals surface area contributed by atoms with Crippen LogP contribution in [0.15, 0.2) is 42.5 Å². The summed E-state index contributed by atoms with van der Waals surface area (Å²) in [6, 6.07) is 10.1. The van der Waals surface area contributed by atoms with Crippen molar-refractivity contribution < 1.29 is 23.2 Å². The number of aryl methyl sites for hydroxylation is 1. The number of ether oxygens (including phenoxy) is 1. The van der Waals surface area contributed by atoms with Crippen molar-refractivity contribution in [3.63, 3.8) is 0 Å². The van der Waals surface area contributed by atoms with Crippen molar-refractivity contribution in [2.45, 2.75) is 20.0 Å². The normalized spacial score (nSPS) is 10.5. The number of hydrogen-bond donors (Lipinski definition) is 1. The third kappa shape index (κ3) is 4.73. The van der Waals surface area contributed by atoms with Crippen LogP contribution in [0.5, 0.6) is 5.75 Å². The van der Waals surface area contributed by atoms with E-state index in [2.05, 4.69) is 10.1 Å². The fraction of sp³-hybridized carbons (Fsp3) is 0.188. The first-order valence-electron chi connectivity index (χ1n) is 6.94. The number of amides is 1. The van der Waals surface area contributed by atoms with Gasteiger partial charge in [0.25, 0.3) is 5.69 Å². The highest BCUT2D eigenvalue weighted by atomic mass is 19.3. The van der Waals surface area contributed by atoms with Crippen LogP contribution in [0.25, 0.3) is 0 Å². The van der Waals surface area contributed by atoms with Crippen LogP contribution in [0.1, 0.15) is 11.1 Å². The molecule has 24 heavy (non-hydrogen) atoms. The average molecular weight is 336 g/mol. The summed E-state index contributed by atoms with van der Waals surface area (Å²) in [7, 11) is 0. The molecule has 2 aromatic carbocycles. The number of nitrogens with zero attached hydrogens (tertiary/aromatic N) is 1. The zero-order chi connectivity index (χ0) is 17.7. The van der Waals surface area contributed by atoms with Crippen LogP contribution in [-0.2, 0) is 11.2 Å². The van der Waals surface area contributed by atoms with E-state index in [9.17, 15) is 23.7 Å². The van der Waals surface area contributed by atoms with E-state index in [1.54, 1.807) is 19.1 Å². The molecule has 2 aromatic rings. The summed E-state index contributed by atoms with van der Waals surface area (Å²) in [6.45, 7) is -1.30. The van der Waals surface area contributed by atoms with E-state index in [-0.39, 0.29) is 23.8 Å². The minimum Gasteiger partial charge on any atom is -0.435 e. The predicted octanol–water partition coefficient (Wildman–Crippen LogP) is 3.69. The molecule has 0 aliphatic rings. The van der Waals surface area contributed by atoms with Gasteiger partial charge in [-0.3, -0.25) is 14.9 Å². The highest BCUT2D eigenvalue weighted by molar-refractivity contribution is 5.92. The summed E-state index contributed by atoms with van der Waals surface area (Å²) in [6.07, 6.45) is -0.00334. The Morgan fingerprint density at radius 1 is 1.25 bits per heavy atom. The minimum absolute atomic E-state index is 0.00307. The van der Waals surface area contributed by atoms with Gasteiger partial charge in [-0.15, -0.1) is 0 Å². The van der Waals surface area contributed by atoms with Gasteiger partial charge < -0.3 is 10.1 Å². The summed E-state index contributed by atoms with van der Waals surface area (Å²) < 4.78 is 28.3. The van der Waals surface area contributed by atoms with Gasteiger partial charge in [-0.1, -0.05) is 18.2 Å². The topological polar surface area (TPSA) is 81.5 Å². The molecule has 0 bridgehead atoms. The molecule has 0 unspecified atom stereocenters. The molecule has 0 aromatic heterocycles. The molecule has 0 aliphatic carbocycles. The number of halogens is 2. The maximum atomic E-state index is 12.1. The third-order valence-corrected chi connectivity index (χ3v) is 3.20. The molecule has 8 heteroatoms. The van der Waals surface area contributed by atoms with Crippen LogP contribution in [0, 0.1) is 17.0 Å². The molecular formula is C16H14F2N2O4. The largest absolute Gasteiger partial charge is 0.435 e. The summed E-state index contributed by atoms with van der Waals surface area (Å²) in [5.41, 5.74) is 1.32. The summed E-state index contributed by atoms with van der Waals surface area (Å²) in [4.78, 5) is 22.3. The van der Waals surface area contributed by atoms with Crippen molar-refractivity contribution in [3.05, 3.63) is 63.7 Å². The smallest absolute Gasteiger partial charge is 0.387 e. The number of nitro benzene ring substituents is 1. The number of carbonyl (C=O) groups is 1. The van der Waals surface area contributed by atoms with Gasteiger partial charge in [-0.2, -0.15) is 8.78 Å². The van der Waals surface area contributed by atoms with Gasteiger partial charge in [0, 0.05) is 17.3 Å². The van der Waals surface area contributed by atoms with Crippen molar-refractivity contribution in [2.24, 2.45) is 0 Å². The molecule has 0 atom stereocenters. The number of anilines is 1. The average Bonchev–Trinajstić information content (AvgIpc) is 2.50. The monoisotopic (exact) mass is 336 g/mol. The quantitative estimate of drug-likeness (QED) is 0.644. The van der Waals surface area contributed by atoms with Crippen molar-refractivity contribution in [3.8, 4) is 5.75 Å². The van der Waals surface area contributed by atoms with Crippen LogP contribution in [-0.4, -0.2) is 17.4 Å². The van der Waals surface area contributed by atoms with Gasteiger partial charge in [-0.05, 0) is 30.7 Å². The first-order chi connectivity index (χ1) is 11.3. The van der Waals surface area contributed by atoms with E-state index in [1.165, 1.54) is 30.3 Å². The second kappa shape index (κ2) is 7.49. The molecule has 0 radical (unpaired) electrons. The maximum Gasteiger partial charge on any atom is 0.387 e. The summed E-state index contributed by atoms with van der Waals surface area (Å²) >= 11 is 0. The Hall–Kier alpha value is -3.03. The Balaban J connectivity index is 2.00. The maximum absolute atomic E-state index is 12.1. The zero-order valence-corrected chi connectivity index (χ0v) is 12.7. The number of carbonyl (C=O) groups excluding carboxylic acids is 1. The minimum atomic E-state index is -2.91. The molecule has 0 fully saturated rings. The van der Waals surface area contributed by atoms with Gasteiger partial charge in [-0.25, -0.2) is 0 Å². The molecule has 2 rings (SSSR count). The van der Waals surface area contributed by atoms with Crippen LogP contribution in [0.4, 0.5) is 20.2 Å². The first-order valence-corrected chi connectivity index (χ1v) is 6.94. The number of benzene rings is 2. The van der Waals surface area contributed by atoms with Gasteiger partial charge >= 0.3 is 6.61 Å². The SMILES string of the molecule is Cc1ccc(NC(=O)Cc2ccc(OC(F)F)cc2)cc1[N+](=O)[O-]. The van der Waals surface area contributed by atoms with E-state index in [0.29, 0.717) is 16.8 Å². The van der Waals surface area contributed by atoms with Gasteiger partial charge in [0.05, 0.1) is 11.3 Å². The van der Waals surface area contributed by atoms with Crippen LogP contribution >= 0.6 is 0 Å². The molecule has 6 nitrogen and oxygen atoms in total. The lowest BCUT2D eigenvalue weighted by atomic mass is 10.1. The molecule has 126 valence electrons. The number of nitrogens with one attached hydrogen (secondary N) is 1. The number of nitro groups is 1. The Morgan fingerprint density at radius 3 is 2.50 bits per heavy atom. The number of rotatable bonds is 6. The van der Waals surface area contributed by atoms with E-state index < -0.39 is 11.5 Å². The Kier molecular flexibility index (Phi) is 5.41. The van der Waals surface area contributed by atoms with Crippen molar-refractivity contribution in [1.82, 2.24) is 0 Å². The van der Waals surface area contributed by atoms with Gasteiger partial charge in [0.15, 0.2) is 0 Å². The lowest BCUT2D eigenvalue weighted by Gasteiger charge is -2.08. The highest BCUT2D eigenvalue weighted by Crippen LogP contribution is 2.22. The molecule has 0 heterocycles. The van der Waals surface area contributed by atoms with Crippen molar-refractivity contribution in [2.75, 3.05) is 5.32 Å². The molecule has 0 saturated carbocycles. The predicted molar refractivity (Wildman–Crippen MR) is 83.2 cm³/mol. The van der Waals surface area contributed by atoms with Crippen molar-refractivity contribution in [1.29, 1.82) is 0 Å². The second-order valence-electron chi connectivity index (χ2n) is 5.01. The van der Waals surface area contributed by atoms with Crippen LogP contribution < -0.4 is 10.1 Å². The van der Waals surface area contributed by atoms with Crippen LogP contribution in [0.2, 0.25) is 0 Å². The highest BCUT2D eigenvalue weighted by Gasteiger charge is 2.13. The standard InChI is InChI=1S/C16H14F2N2O4/c1-10-2-5-12(9-14(10)20(22)23)19-15(21)8-11-3-6-13(7-4-11)24-16(17)18/h2-7,9,16H,8H2,1H3,(H,19,21). The number of alkyl halides is 2. The van der Waals surface area contributed by atoms with Gasteiger partial charge in [0.2, 0.25) is 5.91 Å². The molecule has 1 amide bonds. The Bertz CT molecular complexity index is 748. The van der Waals surface area contributed by atoms with E-state index in [0.717, 1.165) is 0 Å². The first kappa shape index (κ1) is 17.3. The molecular weight excluding hydrogens is 322 g/mol. The van der Waals surface area contributed by atoms with Crippen molar-refractivity contribution >= 4 is 17.3 Å². The molecule has 0 spiro atoms. The molecule has 1 N–H and O–H groups in total. The summed E-state index contributed by atoms with van der Waals surface area (Å²) in [5.74, 6) is -0.376. The fourth-order valence-corrected chi connectivity index (χ4v) is 2.06. The zero-order valence-electron chi connectivity index (χ0n) is 12.7. The number of hydrogen-bond acceptors (Lipinski definition) is 4. The van der Waals surface area contributed by atoms with Crippen LogP contribution in [0.3, 0.4) is 0 Å². The lowest BCUT2D eigenvalue weighted by molar-refractivity contribution is -0.385.